The fraction of sp³-hybridized carbons (Fsp3) is 0.353. The molecule has 1 aromatic carbocycles. The van der Waals surface area contributed by atoms with Crippen LogP contribution in [0.4, 0.5) is 0 Å². The summed E-state index contributed by atoms with van der Waals surface area (Å²) in [7, 11) is 2.82. The number of amides is 1. The predicted octanol–water partition coefficient (Wildman–Crippen LogP) is 0.674. The summed E-state index contributed by atoms with van der Waals surface area (Å²) in [5, 5.41) is 8.04. The standard InChI is InChI=1S/C17H21N5O3S/c1-5-12-6-8-13(9-7-12)11(2)18-19-14(23)10-26-15-16(24)21(3)17(25)22(4)20-15/h6-9H,5,10H2,1-4H3,(H,19,23)/b18-11-. The normalized spacial score (nSPS) is 11.5. The van der Waals surface area contributed by atoms with Crippen molar-refractivity contribution in [3.63, 3.8) is 0 Å². The summed E-state index contributed by atoms with van der Waals surface area (Å²) in [6, 6.07) is 7.95. The third kappa shape index (κ3) is 4.69. The van der Waals surface area contributed by atoms with Crippen LogP contribution in [0.2, 0.25) is 0 Å². The number of carbonyl (C=O) groups excluding carboxylic acids is 1. The van der Waals surface area contributed by atoms with Gasteiger partial charge in [-0.3, -0.25) is 14.2 Å². The maximum Gasteiger partial charge on any atom is 0.346 e. The van der Waals surface area contributed by atoms with Crippen molar-refractivity contribution in [2.75, 3.05) is 5.75 Å². The minimum absolute atomic E-state index is 0.0357. The molecule has 1 N–H and O–H groups in total. The number of rotatable bonds is 6. The summed E-state index contributed by atoms with van der Waals surface area (Å²) in [5.74, 6) is -0.399. The van der Waals surface area contributed by atoms with Gasteiger partial charge in [-0.1, -0.05) is 43.0 Å². The van der Waals surface area contributed by atoms with E-state index < -0.39 is 11.2 Å². The van der Waals surface area contributed by atoms with E-state index in [0.29, 0.717) is 5.71 Å². The second kappa shape index (κ2) is 8.61. The predicted molar refractivity (Wildman–Crippen MR) is 102 cm³/mol. The molecule has 2 rings (SSSR count). The van der Waals surface area contributed by atoms with Crippen molar-refractivity contribution in [1.29, 1.82) is 0 Å². The van der Waals surface area contributed by atoms with Crippen LogP contribution in [0.25, 0.3) is 0 Å². The lowest BCUT2D eigenvalue weighted by molar-refractivity contribution is -0.118. The number of hydrazone groups is 1. The van der Waals surface area contributed by atoms with E-state index in [-0.39, 0.29) is 16.7 Å². The molecule has 1 aromatic heterocycles. The Balaban J connectivity index is 1.98. The monoisotopic (exact) mass is 375 g/mol. The lowest BCUT2D eigenvalue weighted by atomic mass is 10.1. The van der Waals surface area contributed by atoms with E-state index in [1.165, 1.54) is 19.7 Å². The third-order valence-corrected chi connectivity index (χ3v) is 4.70. The second-order valence-electron chi connectivity index (χ2n) is 5.65. The van der Waals surface area contributed by atoms with E-state index in [4.69, 9.17) is 0 Å². The molecule has 0 bridgehead atoms. The molecular weight excluding hydrogens is 354 g/mol. The molecule has 1 heterocycles. The van der Waals surface area contributed by atoms with Crippen LogP contribution in [0.15, 0.2) is 44.0 Å². The first-order valence-electron chi connectivity index (χ1n) is 8.03. The van der Waals surface area contributed by atoms with E-state index in [1.807, 2.05) is 24.3 Å². The van der Waals surface area contributed by atoms with Gasteiger partial charge in [-0.05, 0) is 24.5 Å². The molecule has 26 heavy (non-hydrogen) atoms. The molecule has 0 saturated heterocycles. The summed E-state index contributed by atoms with van der Waals surface area (Å²) >= 11 is 0.959. The zero-order chi connectivity index (χ0) is 19.3. The Morgan fingerprint density at radius 3 is 2.50 bits per heavy atom. The zero-order valence-corrected chi connectivity index (χ0v) is 16.0. The number of nitrogens with zero attached hydrogens (tertiary/aromatic N) is 4. The molecule has 0 atom stereocenters. The topological polar surface area (TPSA) is 98.3 Å². The lowest BCUT2D eigenvalue weighted by Crippen LogP contribution is -2.39. The minimum atomic E-state index is -0.526. The van der Waals surface area contributed by atoms with Gasteiger partial charge in [-0.15, -0.1) is 0 Å². The van der Waals surface area contributed by atoms with Gasteiger partial charge in [0.1, 0.15) is 0 Å². The van der Waals surface area contributed by atoms with Crippen molar-refractivity contribution in [3.8, 4) is 0 Å². The van der Waals surface area contributed by atoms with Crippen molar-refractivity contribution in [3.05, 3.63) is 56.2 Å². The SMILES string of the molecule is CCc1ccc(/C(C)=N\NC(=O)CSc2nn(C)c(=O)n(C)c2=O)cc1. The Morgan fingerprint density at radius 2 is 1.88 bits per heavy atom. The highest BCUT2D eigenvalue weighted by Crippen LogP contribution is 2.09. The summed E-state index contributed by atoms with van der Waals surface area (Å²) in [4.78, 5) is 35.5. The smallest absolute Gasteiger partial charge is 0.272 e. The maximum absolute atomic E-state index is 12.0. The highest BCUT2D eigenvalue weighted by molar-refractivity contribution is 7.99. The summed E-state index contributed by atoms with van der Waals surface area (Å²) < 4.78 is 2.01. The number of carbonyl (C=O) groups is 1. The van der Waals surface area contributed by atoms with Gasteiger partial charge in [0, 0.05) is 14.1 Å². The van der Waals surface area contributed by atoms with Crippen LogP contribution < -0.4 is 16.7 Å². The molecule has 0 saturated carbocycles. The van der Waals surface area contributed by atoms with E-state index in [0.717, 1.165) is 33.0 Å². The average Bonchev–Trinajstić information content (AvgIpc) is 2.66. The molecule has 0 aliphatic carbocycles. The van der Waals surface area contributed by atoms with E-state index >= 15 is 0 Å². The van der Waals surface area contributed by atoms with Crippen LogP contribution in [0.3, 0.4) is 0 Å². The molecule has 138 valence electrons. The first-order chi connectivity index (χ1) is 12.3. The van der Waals surface area contributed by atoms with Crippen molar-refractivity contribution < 1.29 is 4.79 Å². The Kier molecular flexibility index (Phi) is 6.51. The number of benzene rings is 1. The molecule has 1 amide bonds. The molecule has 9 heteroatoms. The highest BCUT2D eigenvalue weighted by atomic mass is 32.2. The molecule has 0 fully saturated rings. The molecular formula is C17H21N5O3S. The lowest BCUT2D eigenvalue weighted by Gasteiger charge is -2.05. The highest BCUT2D eigenvalue weighted by Gasteiger charge is 2.11. The maximum atomic E-state index is 12.0. The van der Waals surface area contributed by atoms with Crippen molar-refractivity contribution in [1.82, 2.24) is 19.8 Å². The van der Waals surface area contributed by atoms with Crippen LogP contribution in [-0.2, 0) is 25.3 Å². The van der Waals surface area contributed by atoms with Crippen LogP contribution in [-0.4, -0.2) is 31.7 Å². The number of aromatic nitrogens is 3. The van der Waals surface area contributed by atoms with Gasteiger partial charge in [-0.2, -0.15) is 10.2 Å². The third-order valence-electron chi connectivity index (χ3n) is 3.76. The molecule has 0 radical (unpaired) electrons. The number of nitrogens with one attached hydrogen (secondary N) is 1. The van der Waals surface area contributed by atoms with Gasteiger partial charge in [0.2, 0.25) is 5.91 Å². The van der Waals surface area contributed by atoms with Crippen LogP contribution in [0.1, 0.15) is 25.0 Å². The van der Waals surface area contributed by atoms with Crippen LogP contribution in [0, 0.1) is 0 Å². The van der Waals surface area contributed by atoms with Gasteiger partial charge in [0.25, 0.3) is 5.56 Å². The van der Waals surface area contributed by atoms with Crippen LogP contribution >= 0.6 is 11.8 Å². The Morgan fingerprint density at radius 1 is 1.23 bits per heavy atom. The number of thioether (sulfide) groups is 1. The van der Waals surface area contributed by atoms with Crippen molar-refractivity contribution in [2.24, 2.45) is 19.2 Å². The van der Waals surface area contributed by atoms with Crippen molar-refractivity contribution in [2.45, 2.75) is 25.3 Å². The first kappa shape index (κ1) is 19.6. The van der Waals surface area contributed by atoms with Gasteiger partial charge >= 0.3 is 5.69 Å². The summed E-state index contributed by atoms with van der Waals surface area (Å²) in [6.45, 7) is 3.89. The van der Waals surface area contributed by atoms with Crippen LogP contribution in [0.5, 0.6) is 0 Å². The van der Waals surface area contributed by atoms with E-state index in [1.54, 1.807) is 6.92 Å². The van der Waals surface area contributed by atoms with Gasteiger partial charge in [-0.25, -0.2) is 14.9 Å². The minimum Gasteiger partial charge on any atom is -0.272 e. The van der Waals surface area contributed by atoms with Gasteiger partial charge in [0.05, 0.1) is 11.5 Å². The molecule has 0 aliphatic heterocycles. The summed E-state index contributed by atoms with van der Waals surface area (Å²) in [5.41, 5.74) is 4.25. The zero-order valence-electron chi connectivity index (χ0n) is 15.1. The number of aryl methyl sites for hydroxylation is 2. The van der Waals surface area contributed by atoms with Crippen molar-refractivity contribution >= 4 is 23.4 Å². The molecule has 8 nitrogen and oxygen atoms in total. The molecule has 2 aromatic rings. The Hall–Kier alpha value is -2.68. The van der Waals surface area contributed by atoms with Gasteiger partial charge in [0.15, 0.2) is 5.03 Å². The van der Waals surface area contributed by atoms with E-state index in [9.17, 15) is 14.4 Å². The first-order valence-corrected chi connectivity index (χ1v) is 9.01. The average molecular weight is 375 g/mol. The second-order valence-corrected chi connectivity index (χ2v) is 6.61. The van der Waals surface area contributed by atoms with E-state index in [2.05, 4.69) is 22.5 Å². The fourth-order valence-corrected chi connectivity index (χ4v) is 2.89. The quantitative estimate of drug-likeness (QED) is 0.455. The Bertz CT molecular complexity index is 944. The number of hydrogen-bond acceptors (Lipinski definition) is 6. The Labute approximate surface area is 154 Å². The summed E-state index contributed by atoms with van der Waals surface area (Å²) in [6.07, 6.45) is 0.961. The number of hydrogen-bond donors (Lipinski definition) is 1. The molecule has 0 spiro atoms. The van der Waals surface area contributed by atoms with Gasteiger partial charge < -0.3 is 0 Å². The fourth-order valence-electron chi connectivity index (χ4n) is 2.12. The molecule has 0 unspecified atom stereocenters. The largest absolute Gasteiger partial charge is 0.346 e. The molecule has 0 aliphatic rings.